The molecule has 0 aromatic heterocycles. The minimum atomic E-state index is -0.661. The van der Waals surface area contributed by atoms with Crippen molar-refractivity contribution in [3.05, 3.63) is 39.1 Å². The Hall–Kier alpha value is -2.11. The number of nitriles is 1. The normalized spacial score (nSPS) is 12.1. The van der Waals surface area contributed by atoms with E-state index in [1.807, 2.05) is 32.2 Å². The van der Waals surface area contributed by atoms with Crippen molar-refractivity contribution < 1.29 is 9.59 Å². The van der Waals surface area contributed by atoms with E-state index in [0.717, 1.165) is 29.7 Å². The van der Waals surface area contributed by atoms with Gasteiger partial charge in [-0.3, -0.25) is 9.59 Å². The Labute approximate surface area is 163 Å². The molecule has 0 bridgehead atoms. The van der Waals surface area contributed by atoms with Gasteiger partial charge >= 0.3 is 0 Å². The third kappa shape index (κ3) is 6.65. The maximum absolute atomic E-state index is 11.7. The minimum absolute atomic E-state index is 0.0361. The van der Waals surface area contributed by atoms with Crippen molar-refractivity contribution >= 4 is 41.0 Å². The summed E-state index contributed by atoms with van der Waals surface area (Å²) in [4.78, 5) is 22.3. The van der Waals surface area contributed by atoms with Crippen LogP contribution < -0.4 is 16.4 Å². The Morgan fingerprint density at radius 1 is 1.27 bits per heavy atom. The molecule has 8 heteroatoms. The van der Waals surface area contributed by atoms with Gasteiger partial charge in [-0.1, -0.05) is 6.07 Å². The SMILES string of the molecule is CNc1cc(C(=O)NC2CC2)ccc1C.CSC(SC)=C(C#N)C(N)=O. The lowest BCUT2D eigenvalue weighted by molar-refractivity contribution is -0.114. The Morgan fingerprint density at radius 3 is 2.27 bits per heavy atom. The number of rotatable bonds is 6. The fourth-order valence-corrected chi connectivity index (χ4v) is 3.39. The van der Waals surface area contributed by atoms with Gasteiger partial charge in [0.25, 0.3) is 11.8 Å². The first-order chi connectivity index (χ1) is 12.4. The van der Waals surface area contributed by atoms with Gasteiger partial charge in [-0.25, -0.2) is 0 Å². The van der Waals surface area contributed by atoms with Gasteiger partial charge in [-0.15, -0.1) is 23.5 Å². The number of nitrogens with two attached hydrogens (primary N) is 1. The number of benzene rings is 1. The van der Waals surface area contributed by atoms with E-state index in [0.29, 0.717) is 10.3 Å². The summed E-state index contributed by atoms with van der Waals surface area (Å²) in [5, 5.41) is 14.5. The molecule has 0 heterocycles. The third-order valence-electron chi connectivity index (χ3n) is 3.61. The van der Waals surface area contributed by atoms with Crippen LogP contribution in [0.25, 0.3) is 0 Å². The van der Waals surface area contributed by atoms with Gasteiger partial charge in [0.1, 0.15) is 11.6 Å². The summed E-state index contributed by atoms with van der Waals surface area (Å²) in [7, 11) is 1.87. The molecule has 1 aliphatic carbocycles. The first kappa shape index (κ1) is 21.9. The Balaban J connectivity index is 0.000000276. The van der Waals surface area contributed by atoms with E-state index in [1.165, 1.54) is 23.5 Å². The summed E-state index contributed by atoms with van der Waals surface area (Å²) < 4.78 is 0.667. The van der Waals surface area contributed by atoms with Crippen LogP contribution in [0.1, 0.15) is 28.8 Å². The molecule has 26 heavy (non-hydrogen) atoms. The second-order valence-electron chi connectivity index (χ2n) is 5.57. The summed E-state index contributed by atoms with van der Waals surface area (Å²) in [5.74, 6) is -0.625. The van der Waals surface area contributed by atoms with Crippen LogP contribution in [0.4, 0.5) is 5.69 Å². The van der Waals surface area contributed by atoms with Crippen molar-refractivity contribution in [2.45, 2.75) is 25.8 Å². The molecule has 0 atom stereocenters. The smallest absolute Gasteiger partial charge is 0.261 e. The maximum atomic E-state index is 11.7. The zero-order valence-electron chi connectivity index (χ0n) is 15.4. The summed E-state index contributed by atoms with van der Waals surface area (Å²) >= 11 is 2.70. The first-order valence-corrected chi connectivity index (χ1v) is 10.4. The summed E-state index contributed by atoms with van der Waals surface area (Å²) in [6, 6.07) is 7.91. The number of hydrogen-bond acceptors (Lipinski definition) is 6. The molecule has 1 aromatic rings. The summed E-state index contributed by atoms with van der Waals surface area (Å²) in [5.41, 5.74) is 7.90. The van der Waals surface area contributed by atoms with Crippen LogP contribution in [0.2, 0.25) is 0 Å². The van der Waals surface area contributed by atoms with Gasteiger partial charge < -0.3 is 16.4 Å². The number of thioether (sulfide) groups is 2. The van der Waals surface area contributed by atoms with Crippen molar-refractivity contribution in [2.75, 3.05) is 24.9 Å². The lowest BCUT2D eigenvalue weighted by atomic mass is 10.1. The molecule has 0 unspecified atom stereocenters. The van der Waals surface area contributed by atoms with Gasteiger partial charge in [0.05, 0.1) is 4.24 Å². The number of carbonyl (C=O) groups excluding carboxylic acids is 2. The number of carbonyl (C=O) groups is 2. The van der Waals surface area contributed by atoms with E-state index in [-0.39, 0.29) is 11.5 Å². The van der Waals surface area contributed by atoms with Crippen molar-refractivity contribution in [3.8, 4) is 6.07 Å². The number of amides is 2. The molecule has 0 saturated heterocycles. The molecule has 0 aliphatic heterocycles. The number of anilines is 1. The number of aryl methyl sites for hydroxylation is 1. The first-order valence-electron chi connectivity index (χ1n) is 7.99. The highest BCUT2D eigenvalue weighted by molar-refractivity contribution is 8.21. The van der Waals surface area contributed by atoms with Crippen LogP contribution in [0, 0.1) is 18.3 Å². The molecular weight excluding hydrogens is 368 g/mol. The van der Waals surface area contributed by atoms with Gasteiger partial charge in [-0.2, -0.15) is 5.26 Å². The molecule has 6 nitrogen and oxygen atoms in total. The molecule has 2 rings (SSSR count). The number of hydrogen-bond donors (Lipinski definition) is 3. The number of nitrogens with zero attached hydrogens (tertiary/aromatic N) is 1. The van der Waals surface area contributed by atoms with Crippen LogP contribution >= 0.6 is 23.5 Å². The van der Waals surface area contributed by atoms with Crippen LogP contribution in [-0.4, -0.2) is 37.4 Å². The maximum Gasteiger partial charge on any atom is 0.261 e. The highest BCUT2D eigenvalue weighted by Gasteiger charge is 2.23. The predicted octanol–water partition coefficient (Wildman–Crippen LogP) is 2.86. The fourth-order valence-electron chi connectivity index (χ4n) is 2.02. The second-order valence-corrected chi connectivity index (χ2v) is 7.47. The van der Waals surface area contributed by atoms with Crippen molar-refractivity contribution in [1.29, 1.82) is 5.26 Å². The van der Waals surface area contributed by atoms with Crippen LogP contribution in [-0.2, 0) is 4.79 Å². The zero-order valence-corrected chi connectivity index (χ0v) is 17.0. The van der Waals surface area contributed by atoms with Crippen LogP contribution in [0.5, 0.6) is 0 Å². The van der Waals surface area contributed by atoms with E-state index in [9.17, 15) is 9.59 Å². The molecule has 0 radical (unpaired) electrons. The summed E-state index contributed by atoms with van der Waals surface area (Å²) in [6.07, 6.45) is 5.84. The van der Waals surface area contributed by atoms with Crippen molar-refractivity contribution in [2.24, 2.45) is 5.73 Å². The van der Waals surface area contributed by atoms with Crippen molar-refractivity contribution in [1.82, 2.24) is 5.32 Å². The molecule has 1 aliphatic rings. The highest BCUT2D eigenvalue weighted by Crippen LogP contribution is 2.26. The number of nitrogens with one attached hydrogen (secondary N) is 2. The predicted molar refractivity (Wildman–Crippen MR) is 110 cm³/mol. The Morgan fingerprint density at radius 2 is 1.88 bits per heavy atom. The van der Waals surface area contributed by atoms with Gasteiger partial charge in [0.15, 0.2) is 0 Å². The monoisotopic (exact) mass is 392 g/mol. The average Bonchev–Trinajstić information content (AvgIpc) is 3.44. The van der Waals surface area contributed by atoms with Crippen LogP contribution in [0.15, 0.2) is 28.0 Å². The zero-order chi connectivity index (χ0) is 19.7. The second kappa shape index (κ2) is 10.8. The van der Waals surface area contributed by atoms with E-state index in [1.54, 1.807) is 18.6 Å². The Kier molecular flexibility index (Phi) is 9.10. The molecule has 140 valence electrons. The molecule has 2 amide bonds. The average molecular weight is 393 g/mol. The van der Waals surface area contributed by atoms with Gasteiger partial charge in [0.2, 0.25) is 0 Å². The number of primary amides is 1. The summed E-state index contributed by atoms with van der Waals surface area (Å²) in [6.45, 7) is 2.02. The van der Waals surface area contributed by atoms with E-state index in [4.69, 9.17) is 11.0 Å². The molecular formula is C18H24N4O2S2. The molecule has 1 saturated carbocycles. The Bertz CT molecular complexity index is 731. The van der Waals surface area contributed by atoms with Crippen molar-refractivity contribution in [3.63, 3.8) is 0 Å². The van der Waals surface area contributed by atoms with E-state index < -0.39 is 5.91 Å². The standard InChI is InChI=1S/C12H16N2O.C6H8N2OS2/c1-8-3-4-9(7-11(8)13-2)12(15)14-10-5-6-10;1-10-6(11-2)4(3-7)5(8)9/h3-4,7,10,13H,5-6H2,1-2H3,(H,14,15);1-2H3,(H2,8,9). The molecule has 1 fully saturated rings. The third-order valence-corrected chi connectivity index (χ3v) is 5.76. The van der Waals surface area contributed by atoms with Gasteiger partial charge in [-0.05, 0) is 50.0 Å². The fraction of sp³-hybridized carbons (Fsp3) is 0.389. The quantitative estimate of drug-likeness (QED) is 0.507. The lowest BCUT2D eigenvalue weighted by Gasteiger charge is -2.08. The highest BCUT2D eigenvalue weighted by atomic mass is 32.2. The molecule has 4 N–H and O–H groups in total. The van der Waals surface area contributed by atoms with Gasteiger partial charge in [0, 0.05) is 24.3 Å². The van der Waals surface area contributed by atoms with Crippen LogP contribution in [0.3, 0.4) is 0 Å². The molecule has 0 spiro atoms. The lowest BCUT2D eigenvalue weighted by Crippen LogP contribution is -2.25. The van der Waals surface area contributed by atoms with E-state index >= 15 is 0 Å². The van der Waals surface area contributed by atoms with E-state index in [2.05, 4.69) is 10.6 Å². The largest absolute Gasteiger partial charge is 0.388 e. The molecule has 1 aromatic carbocycles. The minimum Gasteiger partial charge on any atom is -0.388 e. The topological polar surface area (TPSA) is 108 Å².